The Morgan fingerprint density at radius 1 is 1.30 bits per heavy atom. The van der Waals surface area contributed by atoms with Gasteiger partial charge in [0.05, 0.1) is 18.3 Å². The number of ether oxygens (including phenoxy) is 1. The van der Waals surface area contributed by atoms with Crippen LogP contribution >= 0.6 is 11.6 Å². The number of halogens is 1. The minimum atomic E-state index is -1.40. The maximum absolute atomic E-state index is 12.9. The summed E-state index contributed by atoms with van der Waals surface area (Å²) in [7, 11) is 0. The van der Waals surface area contributed by atoms with E-state index in [-0.39, 0.29) is 6.54 Å². The van der Waals surface area contributed by atoms with Crippen molar-refractivity contribution in [1.29, 1.82) is 0 Å². The zero-order valence-electron chi connectivity index (χ0n) is 17.4. The van der Waals surface area contributed by atoms with Crippen molar-refractivity contribution < 1.29 is 14.1 Å². The van der Waals surface area contributed by atoms with Gasteiger partial charge in [-0.3, -0.25) is 4.90 Å². The fourth-order valence-electron chi connectivity index (χ4n) is 2.13. The number of amides is 1. The van der Waals surface area contributed by atoms with Gasteiger partial charge in [-0.15, -0.1) is 0 Å². The van der Waals surface area contributed by atoms with Crippen molar-refractivity contribution in [3.05, 3.63) is 29.0 Å². The van der Waals surface area contributed by atoms with Crippen molar-refractivity contribution in [1.82, 2.24) is 9.88 Å². The summed E-state index contributed by atoms with van der Waals surface area (Å²) in [5.74, 6) is 0. The summed E-state index contributed by atoms with van der Waals surface area (Å²) >= 11 is 4.62. The van der Waals surface area contributed by atoms with Crippen LogP contribution in [0.2, 0.25) is 5.15 Å². The normalized spacial score (nSPS) is 14.3. The lowest BCUT2D eigenvalue weighted by atomic mass is 9.93. The molecule has 1 unspecified atom stereocenters. The molecule has 0 aliphatic rings. The maximum atomic E-state index is 12.9. The first-order chi connectivity index (χ1) is 12.1. The van der Waals surface area contributed by atoms with E-state index in [0.29, 0.717) is 5.15 Å². The van der Waals surface area contributed by atoms with Crippen molar-refractivity contribution >= 4 is 35.3 Å². The number of hydrogen-bond donors (Lipinski definition) is 0. The molecule has 1 aromatic rings. The van der Waals surface area contributed by atoms with E-state index in [2.05, 4.69) is 9.38 Å². The van der Waals surface area contributed by atoms with Gasteiger partial charge in [0.1, 0.15) is 26.9 Å². The zero-order chi connectivity index (χ0) is 21.0. The Kier molecular flexibility index (Phi) is 7.73. The van der Waals surface area contributed by atoms with E-state index in [4.69, 9.17) is 16.3 Å². The molecule has 8 heteroatoms. The highest BCUT2D eigenvalue weighted by atomic mass is 35.5. The van der Waals surface area contributed by atoms with Gasteiger partial charge in [0.25, 0.3) is 0 Å². The second kappa shape index (κ2) is 8.80. The van der Waals surface area contributed by atoms with Crippen LogP contribution in [0.3, 0.4) is 0 Å². The van der Waals surface area contributed by atoms with E-state index in [1.165, 1.54) is 11.1 Å². The van der Waals surface area contributed by atoms with E-state index in [9.17, 15) is 9.35 Å². The molecule has 0 saturated carbocycles. The van der Waals surface area contributed by atoms with Gasteiger partial charge in [-0.1, -0.05) is 16.0 Å². The largest absolute Gasteiger partial charge is 0.591 e. The number of carbonyl (C=O) groups excluding carboxylic acids is 1. The van der Waals surface area contributed by atoms with E-state index in [0.717, 1.165) is 5.56 Å². The van der Waals surface area contributed by atoms with Gasteiger partial charge in [-0.2, -0.15) is 0 Å². The molecule has 0 aliphatic carbocycles. The number of aromatic nitrogens is 1. The summed E-state index contributed by atoms with van der Waals surface area (Å²) in [5.41, 5.74) is -0.588. The topological polar surface area (TPSA) is 77.8 Å². The Morgan fingerprint density at radius 2 is 1.89 bits per heavy atom. The Morgan fingerprint density at radius 3 is 2.37 bits per heavy atom. The molecular weight excluding hydrogens is 386 g/mol. The molecule has 0 radical (unpaired) electrons. The quantitative estimate of drug-likeness (QED) is 0.395. The fourth-order valence-corrected chi connectivity index (χ4v) is 2.82. The third-order valence-corrected chi connectivity index (χ3v) is 5.28. The van der Waals surface area contributed by atoms with Crippen LogP contribution in [0.1, 0.15) is 61.0 Å². The number of pyridine rings is 1. The van der Waals surface area contributed by atoms with E-state index >= 15 is 0 Å². The lowest BCUT2D eigenvalue weighted by Crippen LogP contribution is -2.48. The molecule has 0 spiro atoms. The van der Waals surface area contributed by atoms with Gasteiger partial charge >= 0.3 is 6.09 Å². The zero-order valence-corrected chi connectivity index (χ0v) is 18.9. The number of hydrogen-bond acceptors (Lipinski definition) is 5. The average Bonchev–Trinajstić information content (AvgIpc) is 2.48. The fraction of sp³-hybridized carbons (Fsp3) is 0.632. The maximum Gasteiger partial charge on any atom is 0.411 e. The number of nitrogens with zero attached hydrogens (tertiary/aromatic N) is 3. The molecule has 1 amide bonds. The molecule has 0 bridgehead atoms. The van der Waals surface area contributed by atoms with Crippen molar-refractivity contribution in [2.75, 3.05) is 6.54 Å². The molecule has 0 aromatic carbocycles. The van der Waals surface area contributed by atoms with Crippen LogP contribution in [-0.2, 0) is 21.6 Å². The first kappa shape index (κ1) is 23.7. The van der Waals surface area contributed by atoms with Gasteiger partial charge in [-0.05, 0) is 73.1 Å². The van der Waals surface area contributed by atoms with Crippen LogP contribution in [0.5, 0.6) is 0 Å². The minimum absolute atomic E-state index is 0.143. The summed E-state index contributed by atoms with van der Waals surface area (Å²) in [5, 5.41) is 0.340. The standard InChI is InChI=1S/C19H30ClN3O3S/c1-17(2,3)26-16(24)23(12-11-22-27(25)18(4,5)6)19(7,8)14-9-10-21-15(20)13-14/h9-11,13H,12H2,1-8H3. The van der Waals surface area contributed by atoms with Crippen molar-refractivity contribution in [3.8, 4) is 0 Å². The molecule has 1 atom stereocenters. The number of carbonyl (C=O) groups is 1. The molecule has 0 aliphatic heterocycles. The highest BCUT2D eigenvalue weighted by Crippen LogP contribution is 2.30. The van der Waals surface area contributed by atoms with E-state index < -0.39 is 33.3 Å². The second-order valence-electron chi connectivity index (χ2n) is 8.67. The predicted octanol–water partition coefficient (Wildman–Crippen LogP) is 4.74. The molecule has 0 N–H and O–H groups in total. The van der Waals surface area contributed by atoms with Gasteiger partial charge in [0.2, 0.25) is 0 Å². The highest BCUT2D eigenvalue weighted by molar-refractivity contribution is 7.91. The molecule has 0 saturated heterocycles. The third-order valence-electron chi connectivity index (χ3n) is 3.68. The lowest BCUT2D eigenvalue weighted by Gasteiger charge is -2.39. The number of rotatable bonds is 5. The highest BCUT2D eigenvalue weighted by Gasteiger charge is 2.35. The van der Waals surface area contributed by atoms with Crippen LogP contribution < -0.4 is 0 Å². The Bertz CT molecular complexity index is 682. The monoisotopic (exact) mass is 415 g/mol. The second-order valence-corrected chi connectivity index (χ2v) is 11.0. The average molecular weight is 416 g/mol. The summed E-state index contributed by atoms with van der Waals surface area (Å²) in [6.45, 7) is 14.9. The smallest absolute Gasteiger partial charge is 0.411 e. The summed E-state index contributed by atoms with van der Waals surface area (Å²) < 4.78 is 21.4. The Labute approximate surface area is 170 Å². The van der Waals surface area contributed by atoms with E-state index in [1.54, 1.807) is 18.3 Å². The first-order valence-electron chi connectivity index (χ1n) is 8.72. The minimum Gasteiger partial charge on any atom is -0.591 e. The summed E-state index contributed by atoms with van der Waals surface area (Å²) in [6.07, 6.45) is 2.60. The van der Waals surface area contributed by atoms with Crippen molar-refractivity contribution in [2.45, 2.75) is 71.3 Å². The van der Waals surface area contributed by atoms with Crippen LogP contribution in [0.25, 0.3) is 0 Å². The molecule has 6 nitrogen and oxygen atoms in total. The Balaban J connectivity index is 3.17. The molecule has 1 rings (SSSR count). The first-order valence-corrected chi connectivity index (χ1v) is 10.2. The SMILES string of the molecule is CC(C)(C)OC(=O)N(CC=N[S+]([O-])C(C)(C)C)C(C)(C)c1ccnc(Cl)c1. The summed E-state index contributed by atoms with van der Waals surface area (Å²) in [4.78, 5) is 18.4. The molecular formula is C19H30ClN3O3S. The Hall–Kier alpha value is -1.31. The molecule has 27 heavy (non-hydrogen) atoms. The van der Waals surface area contributed by atoms with Gasteiger partial charge < -0.3 is 9.29 Å². The van der Waals surface area contributed by atoms with Crippen LogP contribution in [0.4, 0.5) is 4.79 Å². The van der Waals surface area contributed by atoms with Gasteiger partial charge in [-0.25, -0.2) is 9.78 Å². The van der Waals surface area contributed by atoms with Gasteiger partial charge in [0.15, 0.2) is 0 Å². The van der Waals surface area contributed by atoms with Crippen LogP contribution in [0.15, 0.2) is 22.7 Å². The molecule has 1 heterocycles. The lowest BCUT2D eigenvalue weighted by molar-refractivity contribution is 0.00730. The van der Waals surface area contributed by atoms with E-state index in [1.807, 2.05) is 55.4 Å². The molecule has 0 fully saturated rings. The predicted molar refractivity (Wildman–Crippen MR) is 112 cm³/mol. The summed E-state index contributed by atoms with van der Waals surface area (Å²) in [6, 6.07) is 3.51. The molecule has 152 valence electrons. The van der Waals surface area contributed by atoms with Gasteiger partial charge in [0, 0.05) is 6.20 Å². The van der Waals surface area contributed by atoms with Crippen molar-refractivity contribution in [2.24, 2.45) is 4.40 Å². The van der Waals surface area contributed by atoms with Crippen LogP contribution in [0, 0.1) is 0 Å². The van der Waals surface area contributed by atoms with Crippen molar-refractivity contribution in [3.63, 3.8) is 0 Å². The van der Waals surface area contributed by atoms with Crippen LogP contribution in [-0.4, -0.2) is 43.6 Å². The third kappa shape index (κ3) is 7.31. The molecule has 1 aromatic heterocycles.